The molecule has 98 valence electrons. The van der Waals surface area contributed by atoms with Gasteiger partial charge in [-0.2, -0.15) is 0 Å². The average molecular weight is 322 g/mol. The number of amides is 1. The molecule has 0 unspecified atom stereocenters. The van der Waals surface area contributed by atoms with Gasteiger partial charge in [0.25, 0.3) is 11.8 Å². The topological polar surface area (TPSA) is 20.3 Å². The summed E-state index contributed by atoms with van der Waals surface area (Å²) in [5.41, 5.74) is -0.179. The van der Waals surface area contributed by atoms with Gasteiger partial charge in [0.05, 0.1) is 16.6 Å². The molecule has 1 amide bonds. The minimum atomic E-state index is -2.88. The van der Waals surface area contributed by atoms with Crippen molar-refractivity contribution in [3.05, 3.63) is 34.1 Å². The fraction of sp³-hybridized carbons (Fsp3) is 0.417. The number of nitrogens with zero attached hydrogens (tertiary/aromatic N) is 1. The van der Waals surface area contributed by atoms with Crippen LogP contribution in [0.2, 0.25) is 0 Å². The first kappa shape index (κ1) is 13.4. The van der Waals surface area contributed by atoms with Crippen LogP contribution < -0.4 is 0 Å². The molecule has 2 rings (SSSR count). The first-order valence-electron chi connectivity index (χ1n) is 5.52. The number of rotatable bonds is 1. The highest BCUT2D eigenvalue weighted by molar-refractivity contribution is 9.10. The van der Waals surface area contributed by atoms with Crippen molar-refractivity contribution in [2.75, 3.05) is 13.1 Å². The molecule has 0 radical (unpaired) electrons. The Kier molecular flexibility index (Phi) is 3.66. The molecule has 1 aromatic carbocycles. The van der Waals surface area contributed by atoms with Gasteiger partial charge in [-0.3, -0.25) is 4.79 Å². The Balaban J connectivity index is 2.23. The molecule has 1 aliphatic heterocycles. The number of benzene rings is 1. The minimum Gasteiger partial charge on any atom is -0.333 e. The third-order valence-electron chi connectivity index (χ3n) is 2.86. The van der Waals surface area contributed by atoms with Gasteiger partial charge in [0.2, 0.25) is 0 Å². The van der Waals surface area contributed by atoms with Crippen LogP contribution in [0.5, 0.6) is 0 Å². The molecule has 0 bridgehead atoms. The number of piperidine rings is 1. The van der Waals surface area contributed by atoms with E-state index in [-0.39, 0.29) is 29.4 Å². The lowest BCUT2D eigenvalue weighted by Crippen LogP contribution is -2.45. The lowest BCUT2D eigenvalue weighted by molar-refractivity contribution is -0.0561. The zero-order valence-electron chi connectivity index (χ0n) is 9.43. The number of carbonyl (C=O) groups is 1. The number of alkyl halides is 2. The molecular weight excluding hydrogens is 311 g/mol. The summed E-state index contributed by atoms with van der Waals surface area (Å²) < 4.78 is 40.3. The molecule has 0 spiro atoms. The van der Waals surface area contributed by atoms with Crippen LogP contribution in [0.4, 0.5) is 13.2 Å². The predicted octanol–water partition coefficient (Wildman–Crippen LogP) is 3.46. The van der Waals surface area contributed by atoms with E-state index in [2.05, 4.69) is 15.9 Å². The zero-order chi connectivity index (χ0) is 13.3. The summed E-state index contributed by atoms with van der Waals surface area (Å²) in [5, 5.41) is 0. The van der Waals surface area contributed by atoms with Gasteiger partial charge >= 0.3 is 0 Å². The molecule has 6 heteroatoms. The van der Waals surface area contributed by atoms with Crippen molar-refractivity contribution in [2.24, 2.45) is 0 Å². The molecule has 1 saturated heterocycles. The molecule has 0 atom stereocenters. The van der Waals surface area contributed by atoms with Crippen LogP contribution in [0.25, 0.3) is 0 Å². The van der Waals surface area contributed by atoms with E-state index in [0.29, 0.717) is 0 Å². The Morgan fingerprint density at radius 2 is 2.11 bits per heavy atom. The quantitative estimate of drug-likeness (QED) is 0.775. The molecule has 0 aliphatic carbocycles. The van der Waals surface area contributed by atoms with E-state index in [4.69, 9.17) is 0 Å². The second-order valence-corrected chi connectivity index (χ2v) is 5.14. The van der Waals surface area contributed by atoms with Crippen molar-refractivity contribution in [1.82, 2.24) is 4.90 Å². The van der Waals surface area contributed by atoms with Crippen LogP contribution in [0.3, 0.4) is 0 Å². The molecule has 1 heterocycles. The van der Waals surface area contributed by atoms with Crippen LogP contribution in [0, 0.1) is 5.82 Å². The fourth-order valence-corrected chi connectivity index (χ4v) is 2.34. The van der Waals surface area contributed by atoms with Crippen molar-refractivity contribution in [2.45, 2.75) is 18.8 Å². The zero-order valence-corrected chi connectivity index (χ0v) is 11.0. The van der Waals surface area contributed by atoms with Crippen molar-refractivity contribution in [3.63, 3.8) is 0 Å². The Morgan fingerprint density at radius 1 is 1.39 bits per heavy atom. The molecule has 1 fully saturated rings. The van der Waals surface area contributed by atoms with Crippen molar-refractivity contribution in [3.8, 4) is 0 Å². The number of halogens is 4. The van der Waals surface area contributed by atoms with Crippen LogP contribution in [0.1, 0.15) is 23.2 Å². The van der Waals surface area contributed by atoms with Gasteiger partial charge in [0.15, 0.2) is 0 Å². The molecule has 0 saturated carbocycles. The minimum absolute atomic E-state index is 0.150. The highest BCUT2D eigenvalue weighted by atomic mass is 79.9. The predicted molar refractivity (Wildman–Crippen MR) is 64.2 cm³/mol. The number of carbonyl (C=O) groups excluding carboxylic acids is 1. The van der Waals surface area contributed by atoms with Crippen LogP contribution in [-0.4, -0.2) is 29.8 Å². The third-order valence-corrected chi connectivity index (χ3v) is 3.47. The Bertz CT molecular complexity index is 478. The Morgan fingerprint density at radius 3 is 2.78 bits per heavy atom. The molecule has 1 aromatic rings. The maximum Gasteiger partial charge on any atom is 0.265 e. The van der Waals surface area contributed by atoms with E-state index < -0.39 is 24.2 Å². The van der Waals surface area contributed by atoms with Crippen molar-refractivity contribution < 1.29 is 18.0 Å². The standard InChI is InChI=1S/C12H11BrF3NO/c13-9-4-1-3-8(10(9)14)11(18)17-6-2-5-12(15,16)7-17/h1,3-4H,2,5-7H2. The second kappa shape index (κ2) is 4.91. The maximum atomic E-state index is 13.7. The summed E-state index contributed by atoms with van der Waals surface area (Å²) in [6, 6.07) is 4.26. The number of likely N-dealkylation sites (tertiary alicyclic amines) is 1. The monoisotopic (exact) mass is 321 g/mol. The van der Waals surface area contributed by atoms with Crippen LogP contribution in [0.15, 0.2) is 22.7 Å². The normalized spacial score (nSPS) is 18.8. The van der Waals surface area contributed by atoms with E-state index in [1.54, 1.807) is 0 Å². The van der Waals surface area contributed by atoms with Gasteiger partial charge < -0.3 is 4.90 Å². The van der Waals surface area contributed by atoms with Gasteiger partial charge in [-0.25, -0.2) is 13.2 Å². The largest absolute Gasteiger partial charge is 0.333 e. The van der Waals surface area contributed by atoms with E-state index >= 15 is 0 Å². The maximum absolute atomic E-state index is 13.7. The van der Waals surface area contributed by atoms with E-state index in [0.717, 1.165) is 4.90 Å². The summed E-state index contributed by atoms with van der Waals surface area (Å²) in [5.74, 6) is -4.28. The molecular formula is C12H11BrF3NO. The SMILES string of the molecule is O=C(c1cccc(Br)c1F)N1CCCC(F)(F)C1. The second-order valence-electron chi connectivity index (χ2n) is 4.29. The highest BCUT2D eigenvalue weighted by Gasteiger charge is 2.37. The average Bonchev–Trinajstić information content (AvgIpc) is 2.30. The van der Waals surface area contributed by atoms with E-state index in [1.807, 2.05) is 0 Å². The molecule has 1 aliphatic rings. The molecule has 18 heavy (non-hydrogen) atoms. The van der Waals surface area contributed by atoms with Crippen LogP contribution >= 0.6 is 15.9 Å². The fourth-order valence-electron chi connectivity index (χ4n) is 1.98. The smallest absolute Gasteiger partial charge is 0.265 e. The number of hydrogen-bond acceptors (Lipinski definition) is 1. The summed E-state index contributed by atoms with van der Waals surface area (Å²) in [6.45, 7) is -0.405. The highest BCUT2D eigenvalue weighted by Crippen LogP contribution is 2.28. The lowest BCUT2D eigenvalue weighted by atomic mass is 10.1. The number of hydrogen-bond donors (Lipinski definition) is 0. The van der Waals surface area contributed by atoms with Gasteiger partial charge in [-0.05, 0) is 34.5 Å². The van der Waals surface area contributed by atoms with Crippen molar-refractivity contribution >= 4 is 21.8 Å². The van der Waals surface area contributed by atoms with Gasteiger partial charge in [0, 0.05) is 13.0 Å². The molecule has 2 nitrogen and oxygen atoms in total. The Hall–Kier alpha value is -1.04. The summed E-state index contributed by atoms with van der Waals surface area (Å²) in [7, 11) is 0. The third kappa shape index (κ3) is 2.68. The molecule has 0 aromatic heterocycles. The Labute approximate surface area is 111 Å². The van der Waals surface area contributed by atoms with Gasteiger partial charge in [-0.15, -0.1) is 0 Å². The lowest BCUT2D eigenvalue weighted by Gasteiger charge is -2.32. The van der Waals surface area contributed by atoms with E-state index in [9.17, 15) is 18.0 Å². The first-order valence-corrected chi connectivity index (χ1v) is 6.31. The van der Waals surface area contributed by atoms with Crippen molar-refractivity contribution in [1.29, 1.82) is 0 Å². The summed E-state index contributed by atoms with van der Waals surface area (Å²) in [6.07, 6.45) is 0.00606. The summed E-state index contributed by atoms with van der Waals surface area (Å²) >= 11 is 2.97. The van der Waals surface area contributed by atoms with Gasteiger partial charge in [0.1, 0.15) is 5.82 Å². The first-order chi connectivity index (χ1) is 8.41. The molecule has 0 N–H and O–H groups in total. The summed E-state index contributed by atoms with van der Waals surface area (Å²) in [4.78, 5) is 13.0. The van der Waals surface area contributed by atoms with Gasteiger partial charge in [-0.1, -0.05) is 6.07 Å². The van der Waals surface area contributed by atoms with Crippen LogP contribution in [-0.2, 0) is 0 Å². The van der Waals surface area contributed by atoms with E-state index in [1.165, 1.54) is 18.2 Å².